The van der Waals surface area contributed by atoms with E-state index >= 15 is 0 Å². The topological polar surface area (TPSA) is 37.4 Å². The minimum absolute atomic E-state index is 0.325. The standard InChI is InChI=1S/C13H18BrNO2S/c1-5-15(9-10(2)3)18(16,17)12-6-7-13(14)11(4)8-12/h6-8H,2,5,9H2,1,3-4H3. The van der Waals surface area contributed by atoms with Crippen LogP contribution < -0.4 is 0 Å². The van der Waals surface area contributed by atoms with Crippen LogP contribution in [0.4, 0.5) is 0 Å². The fraction of sp³-hybridized carbons (Fsp3) is 0.385. The Hall–Kier alpha value is -0.650. The van der Waals surface area contributed by atoms with E-state index in [9.17, 15) is 8.42 Å². The van der Waals surface area contributed by atoms with Crippen molar-refractivity contribution in [2.45, 2.75) is 25.7 Å². The first-order chi connectivity index (χ1) is 8.28. The molecule has 0 aliphatic rings. The maximum atomic E-state index is 12.4. The molecule has 0 heterocycles. The highest BCUT2D eigenvalue weighted by Crippen LogP contribution is 2.22. The van der Waals surface area contributed by atoms with Crippen LogP contribution in [0.15, 0.2) is 39.7 Å². The number of nitrogens with zero attached hydrogens (tertiary/aromatic N) is 1. The van der Waals surface area contributed by atoms with Gasteiger partial charge in [-0.1, -0.05) is 35.0 Å². The summed E-state index contributed by atoms with van der Waals surface area (Å²) in [4.78, 5) is 0.325. The molecule has 1 rings (SSSR count). The van der Waals surface area contributed by atoms with Crippen LogP contribution in [0.2, 0.25) is 0 Å². The van der Waals surface area contributed by atoms with Crippen LogP contribution in [0.3, 0.4) is 0 Å². The molecule has 0 aliphatic heterocycles. The van der Waals surface area contributed by atoms with Crippen LogP contribution in [0.25, 0.3) is 0 Å². The molecule has 1 aromatic carbocycles. The Labute approximate surface area is 118 Å². The molecule has 0 spiro atoms. The van der Waals surface area contributed by atoms with Gasteiger partial charge >= 0.3 is 0 Å². The second-order valence-corrected chi connectivity index (χ2v) is 7.09. The van der Waals surface area contributed by atoms with Gasteiger partial charge in [0.1, 0.15) is 0 Å². The van der Waals surface area contributed by atoms with Gasteiger partial charge in [0.2, 0.25) is 10.0 Å². The molecule has 0 aromatic heterocycles. The van der Waals surface area contributed by atoms with E-state index in [-0.39, 0.29) is 0 Å². The highest BCUT2D eigenvalue weighted by atomic mass is 79.9. The molecule has 0 fully saturated rings. The van der Waals surface area contributed by atoms with Gasteiger partial charge in [-0.15, -0.1) is 0 Å². The molecule has 0 unspecified atom stereocenters. The number of halogens is 1. The van der Waals surface area contributed by atoms with Crippen molar-refractivity contribution in [3.05, 3.63) is 40.4 Å². The van der Waals surface area contributed by atoms with Crippen molar-refractivity contribution in [3.63, 3.8) is 0 Å². The van der Waals surface area contributed by atoms with E-state index in [0.717, 1.165) is 15.6 Å². The molecular weight excluding hydrogens is 314 g/mol. The normalized spacial score (nSPS) is 11.8. The predicted octanol–water partition coefficient (Wildman–Crippen LogP) is 3.34. The quantitative estimate of drug-likeness (QED) is 0.776. The molecular formula is C13H18BrNO2S. The Morgan fingerprint density at radius 3 is 2.50 bits per heavy atom. The Morgan fingerprint density at radius 1 is 1.44 bits per heavy atom. The Morgan fingerprint density at radius 2 is 2.06 bits per heavy atom. The van der Waals surface area contributed by atoms with Gasteiger partial charge in [0, 0.05) is 17.6 Å². The number of rotatable bonds is 5. The molecule has 0 aliphatic carbocycles. The van der Waals surface area contributed by atoms with Gasteiger partial charge in [0.25, 0.3) is 0 Å². The molecule has 0 saturated carbocycles. The number of likely N-dealkylation sites (N-methyl/N-ethyl adjacent to an activating group) is 1. The third-order valence-electron chi connectivity index (χ3n) is 2.57. The maximum Gasteiger partial charge on any atom is 0.243 e. The van der Waals surface area contributed by atoms with Crippen molar-refractivity contribution < 1.29 is 8.42 Å². The highest BCUT2D eigenvalue weighted by Gasteiger charge is 2.23. The summed E-state index contributed by atoms with van der Waals surface area (Å²) >= 11 is 3.37. The lowest BCUT2D eigenvalue weighted by molar-refractivity contribution is 0.453. The first-order valence-electron chi connectivity index (χ1n) is 5.69. The minimum Gasteiger partial charge on any atom is -0.207 e. The number of hydrogen-bond acceptors (Lipinski definition) is 2. The molecule has 0 radical (unpaired) electrons. The summed E-state index contributed by atoms with van der Waals surface area (Å²) in [5.74, 6) is 0. The zero-order valence-electron chi connectivity index (χ0n) is 10.9. The zero-order chi connectivity index (χ0) is 13.9. The van der Waals surface area contributed by atoms with E-state index in [0.29, 0.717) is 18.0 Å². The van der Waals surface area contributed by atoms with Gasteiger partial charge in [-0.3, -0.25) is 0 Å². The second-order valence-electron chi connectivity index (χ2n) is 4.30. The number of benzene rings is 1. The van der Waals surface area contributed by atoms with Crippen molar-refractivity contribution in [2.75, 3.05) is 13.1 Å². The Bertz CT molecular complexity index is 552. The van der Waals surface area contributed by atoms with Crippen molar-refractivity contribution in [1.82, 2.24) is 4.31 Å². The summed E-state index contributed by atoms with van der Waals surface area (Å²) in [7, 11) is -3.43. The van der Waals surface area contributed by atoms with Crippen LogP contribution in [0.1, 0.15) is 19.4 Å². The molecule has 5 heteroatoms. The minimum atomic E-state index is -3.43. The van der Waals surface area contributed by atoms with E-state index in [2.05, 4.69) is 22.5 Å². The van der Waals surface area contributed by atoms with E-state index in [1.165, 1.54) is 4.31 Å². The summed E-state index contributed by atoms with van der Waals surface area (Å²) < 4.78 is 27.2. The van der Waals surface area contributed by atoms with Gasteiger partial charge in [-0.05, 0) is 37.6 Å². The van der Waals surface area contributed by atoms with Crippen LogP contribution in [-0.4, -0.2) is 25.8 Å². The molecule has 100 valence electrons. The monoisotopic (exact) mass is 331 g/mol. The largest absolute Gasteiger partial charge is 0.243 e. The Kier molecular flexibility index (Phi) is 5.13. The third-order valence-corrected chi connectivity index (χ3v) is 5.37. The fourth-order valence-corrected chi connectivity index (χ4v) is 3.44. The highest BCUT2D eigenvalue weighted by molar-refractivity contribution is 9.10. The van der Waals surface area contributed by atoms with E-state index < -0.39 is 10.0 Å². The number of hydrogen-bond donors (Lipinski definition) is 0. The van der Waals surface area contributed by atoms with Gasteiger partial charge < -0.3 is 0 Å². The zero-order valence-corrected chi connectivity index (χ0v) is 13.3. The predicted molar refractivity (Wildman–Crippen MR) is 78.1 cm³/mol. The fourth-order valence-electron chi connectivity index (χ4n) is 1.59. The van der Waals surface area contributed by atoms with E-state index in [1.807, 2.05) is 20.8 Å². The summed E-state index contributed by atoms with van der Waals surface area (Å²) in [5, 5.41) is 0. The molecule has 3 nitrogen and oxygen atoms in total. The van der Waals surface area contributed by atoms with E-state index in [1.54, 1.807) is 18.2 Å². The average Bonchev–Trinajstić information content (AvgIpc) is 2.28. The Balaban J connectivity index is 3.18. The summed E-state index contributed by atoms with van der Waals surface area (Å²) in [6, 6.07) is 5.06. The average molecular weight is 332 g/mol. The molecule has 0 N–H and O–H groups in total. The van der Waals surface area contributed by atoms with Crippen molar-refractivity contribution in [3.8, 4) is 0 Å². The lowest BCUT2D eigenvalue weighted by atomic mass is 10.2. The summed E-state index contributed by atoms with van der Waals surface area (Å²) in [5.41, 5.74) is 1.73. The molecule has 0 amide bonds. The molecule has 0 atom stereocenters. The van der Waals surface area contributed by atoms with E-state index in [4.69, 9.17) is 0 Å². The lowest BCUT2D eigenvalue weighted by Crippen LogP contribution is -2.32. The van der Waals surface area contributed by atoms with Crippen LogP contribution in [0.5, 0.6) is 0 Å². The van der Waals surface area contributed by atoms with Crippen molar-refractivity contribution in [2.24, 2.45) is 0 Å². The van der Waals surface area contributed by atoms with Crippen molar-refractivity contribution >= 4 is 26.0 Å². The first-order valence-corrected chi connectivity index (χ1v) is 7.93. The number of sulfonamides is 1. The summed E-state index contributed by atoms with van der Waals surface area (Å²) in [6.07, 6.45) is 0. The van der Waals surface area contributed by atoms with Gasteiger partial charge in [0.05, 0.1) is 4.90 Å². The number of aryl methyl sites for hydroxylation is 1. The SMILES string of the molecule is C=C(C)CN(CC)S(=O)(=O)c1ccc(Br)c(C)c1. The molecule has 0 bridgehead atoms. The maximum absolute atomic E-state index is 12.4. The van der Waals surface area contributed by atoms with Crippen molar-refractivity contribution in [1.29, 1.82) is 0 Å². The van der Waals surface area contributed by atoms with Crippen LogP contribution in [-0.2, 0) is 10.0 Å². The molecule has 0 saturated heterocycles. The molecule has 18 heavy (non-hydrogen) atoms. The molecule has 1 aromatic rings. The third kappa shape index (κ3) is 3.43. The lowest BCUT2D eigenvalue weighted by Gasteiger charge is -2.20. The second kappa shape index (κ2) is 5.99. The smallest absolute Gasteiger partial charge is 0.207 e. The first kappa shape index (κ1) is 15.4. The van der Waals surface area contributed by atoms with Gasteiger partial charge in [0.15, 0.2) is 0 Å². The van der Waals surface area contributed by atoms with Crippen LogP contribution in [0, 0.1) is 6.92 Å². The summed E-state index contributed by atoms with van der Waals surface area (Å²) in [6.45, 7) is 10.1. The van der Waals surface area contributed by atoms with Gasteiger partial charge in [-0.2, -0.15) is 4.31 Å². The van der Waals surface area contributed by atoms with Gasteiger partial charge in [-0.25, -0.2) is 8.42 Å². The van der Waals surface area contributed by atoms with Crippen LogP contribution >= 0.6 is 15.9 Å².